The van der Waals surface area contributed by atoms with Gasteiger partial charge in [-0.1, -0.05) is 0 Å². The molecule has 2 N–H and O–H groups in total. The quantitative estimate of drug-likeness (QED) is 0.803. The monoisotopic (exact) mass is 332 g/mol. The van der Waals surface area contributed by atoms with E-state index in [0.29, 0.717) is 0 Å². The van der Waals surface area contributed by atoms with Crippen LogP contribution in [0.4, 0.5) is 0 Å². The van der Waals surface area contributed by atoms with Crippen molar-refractivity contribution < 1.29 is 28.2 Å². The van der Waals surface area contributed by atoms with Gasteiger partial charge in [-0.3, -0.25) is 0 Å². The molecule has 0 aromatic carbocycles. The molecule has 1 aliphatic heterocycles. The Morgan fingerprint density at radius 2 is 1.96 bits per heavy atom. The van der Waals surface area contributed by atoms with Crippen LogP contribution in [-0.4, -0.2) is 25.2 Å². The van der Waals surface area contributed by atoms with Crippen LogP contribution < -0.4 is 5.73 Å². The van der Waals surface area contributed by atoms with E-state index >= 15 is 0 Å². The highest BCUT2D eigenvalue weighted by atomic mass is 16.6. The first-order chi connectivity index (χ1) is 11.5. The number of allylic oxidation sites excluding steroid dienone is 1. The van der Waals surface area contributed by atoms with Crippen molar-refractivity contribution >= 4 is 11.9 Å². The normalized spacial score (nSPS) is 17.1. The molecule has 0 aliphatic carbocycles. The van der Waals surface area contributed by atoms with Crippen LogP contribution >= 0.6 is 0 Å². The van der Waals surface area contributed by atoms with Gasteiger partial charge in [0.25, 0.3) is 0 Å². The molecule has 1 aromatic rings. The van der Waals surface area contributed by atoms with E-state index in [0.717, 1.165) is 0 Å². The van der Waals surface area contributed by atoms with E-state index in [4.69, 9.17) is 24.4 Å². The van der Waals surface area contributed by atoms with E-state index < -0.39 is 23.6 Å². The summed E-state index contributed by atoms with van der Waals surface area (Å²) in [6.45, 7) is 3.37. The molecule has 0 saturated heterocycles. The smallest absolute Gasteiger partial charge is 0.374 e. The highest BCUT2D eigenvalue weighted by Crippen LogP contribution is 2.40. The van der Waals surface area contributed by atoms with E-state index in [1.54, 1.807) is 26.0 Å². The van der Waals surface area contributed by atoms with Crippen molar-refractivity contribution in [3.05, 3.63) is 46.9 Å². The van der Waals surface area contributed by atoms with Crippen LogP contribution in [0.5, 0.6) is 0 Å². The number of nitrogens with two attached hydrogens (primary N) is 1. The van der Waals surface area contributed by atoms with Crippen molar-refractivity contribution in [2.45, 2.75) is 19.8 Å². The molecule has 0 bridgehead atoms. The summed E-state index contributed by atoms with van der Waals surface area (Å²) < 4.78 is 20.4. The SMILES string of the molecule is CCOC(=O)C1=C(C(=O)OCC)C(c2ccco2)C(C#N)=C(N)O1. The summed E-state index contributed by atoms with van der Waals surface area (Å²) in [6.07, 6.45) is 1.38. The number of carbonyl (C=O) groups is 2. The van der Waals surface area contributed by atoms with Crippen LogP contribution in [0.25, 0.3) is 0 Å². The third kappa shape index (κ3) is 3.10. The van der Waals surface area contributed by atoms with Crippen molar-refractivity contribution in [1.82, 2.24) is 0 Å². The first-order valence-corrected chi connectivity index (χ1v) is 7.24. The zero-order valence-electron chi connectivity index (χ0n) is 13.2. The molecule has 0 fully saturated rings. The maximum atomic E-state index is 12.4. The number of furan rings is 1. The molecular formula is C16H16N2O6. The molecule has 0 amide bonds. The summed E-state index contributed by atoms with van der Waals surface area (Å²) >= 11 is 0. The Balaban J connectivity index is 2.65. The Kier molecular flexibility index (Phi) is 5.27. The third-order valence-electron chi connectivity index (χ3n) is 3.20. The zero-order chi connectivity index (χ0) is 17.7. The molecule has 0 spiro atoms. The van der Waals surface area contributed by atoms with Gasteiger partial charge in [0.15, 0.2) is 0 Å². The van der Waals surface area contributed by atoms with E-state index in [2.05, 4.69) is 0 Å². The summed E-state index contributed by atoms with van der Waals surface area (Å²) in [6, 6.07) is 5.03. The predicted octanol–water partition coefficient (Wildman–Crippen LogP) is 1.47. The maximum absolute atomic E-state index is 12.4. The average Bonchev–Trinajstić information content (AvgIpc) is 3.08. The number of nitrogens with zero attached hydrogens (tertiary/aromatic N) is 1. The summed E-state index contributed by atoms with van der Waals surface area (Å²) in [5.74, 6) is -3.16. The lowest BCUT2D eigenvalue weighted by molar-refractivity contribution is -0.145. The van der Waals surface area contributed by atoms with Crippen LogP contribution in [0.15, 0.2) is 45.6 Å². The largest absolute Gasteiger partial charge is 0.468 e. The number of ether oxygens (including phenoxy) is 3. The lowest BCUT2D eigenvalue weighted by Crippen LogP contribution is -2.29. The van der Waals surface area contributed by atoms with Gasteiger partial charge in [-0.2, -0.15) is 5.26 Å². The van der Waals surface area contributed by atoms with Gasteiger partial charge in [0.1, 0.15) is 23.0 Å². The molecule has 1 aliphatic rings. The number of carbonyl (C=O) groups excluding carboxylic acids is 2. The van der Waals surface area contributed by atoms with Crippen molar-refractivity contribution in [3.63, 3.8) is 0 Å². The first-order valence-electron chi connectivity index (χ1n) is 7.24. The number of hydrogen-bond acceptors (Lipinski definition) is 8. The standard InChI is InChI=1S/C16H16N2O6/c1-3-21-15(19)12-11(10-6-5-7-23-10)9(8-17)14(18)24-13(12)16(20)22-4-2/h5-7,11H,3-4,18H2,1-2H3. The molecule has 2 heterocycles. The molecule has 1 unspecified atom stereocenters. The zero-order valence-corrected chi connectivity index (χ0v) is 13.2. The second-order valence-corrected chi connectivity index (χ2v) is 4.62. The van der Waals surface area contributed by atoms with E-state index in [1.165, 1.54) is 6.26 Å². The van der Waals surface area contributed by atoms with Crippen molar-refractivity contribution in [2.75, 3.05) is 13.2 Å². The molecular weight excluding hydrogens is 316 g/mol. The Bertz CT molecular complexity index is 739. The lowest BCUT2D eigenvalue weighted by Gasteiger charge is -2.25. The lowest BCUT2D eigenvalue weighted by atomic mass is 9.86. The van der Waals surface area contributed by atoms with Gasteiger partial charge >= 0.3 is 11.9 Å². The average molecular weight is 332 g/mol. The van der Waals surface area contributed by atoms with E-state index in [9.17, 15) is 14.9 Å². The van der Waals surface area contributed by atoms with E-state index in [1.807, 2.05) is 6.07 Å². The molecule has 0 saturated carbocycles. The molecule has 2 rings (SSSR count). The van der Waals surface area contributed by atoms with Gasteiger partial charge in [-0.05, 0) is 26.0 Å². The molecule has 1 aromatic heterocycles. The fourth-order valence-electron chi connectivity index (χ4n) is 2.26. The molecule has 24 heavy (non-hydrogen) atoms. The van der Waals surface area contributed by atoms with Crippen LogP contribution in [0.2, 0.25) is 0 Å². The summed E-state index contributed by atoms with van der Waals surface area (Å²) in [5, 5.41) is 9.39. The number of hydrogen-bond donors (Lipinski definition) is 1. The van der Waals surface area contributed by atoms with Gasteiger partial charge in [-0.25, -0.2) is 9.59 Å². The third-order valence-corrected chi connectivity index (χ3v) is 3.20. The van der Waals surface area contributed by atoms with Crippen molar-refractivity contribution in [2.24, 2.45) is 5.73 Å². The molecule has 1 atom stereocenters. The first kappa shape index (κ1) is 17.1. The van der Waals surface area contributed by atoms with Gasteiger partial charge in [0.05, 0.1) is 25.4 Å². The van der Waals surface area contributed by atoms with E-state index in [-0.39, 0.29) is 36.0 Å². The molecule has 8 nitrogen and oxygen atoms in total. The van der Waals surface area contributed by atoms with Gasteiger partial charge in [0.2, 0.25) is 11.6 Å². The van der Waals surface area contributed by atoms with Crippen LogP contribution in [0, 0.1) is 11.3 Å². The minimum Gasteiger partial charge on any atom is -0.468 e. The highest BCUT2D eigenvalue weighted by Gasteiger charge is 2.42. The molecule has 8 heteroatoms. The van der Waals surface area contributed by atoms with Gasteiger partial charge in [-0.15, -0.1) is 0 Å². The fourth-order valence-corrected chi connectivity index (χ4v) is 2.26. The minimum absolute atomic E-state index is 0.0546. The Morgan fingerprint density at radius 3 is 2.50 bits per heavy atom. The van der Waals surface area contributed by atoms with Crippen LogP contribution in [-0.2, 0) is 23.8 Å². The van der Waals surface area contributed by atoms with Gasteiger partial charge < -0.3 is 24.4 Å². The number of nitriles is 1. The van der Waals surface area contributed by atoms with Crippen LogP contribution in [0.3, 0.4) is 0 Å². The predicted molar refractivity (Wildman–Crippen MR) is 79.7 cm³/mol. The maximum Gasteiger partial charge on any atom is 0.374 e. The highest BCUT2D eigenvalue weighted by molar-refractivity contribution is 6.01. The Hall–Kier alpha value is -3.21. The fraction of sp³-hybridized carbons (Fsp3) is 0.312. The molecule has 126 valence electrons. The Labute approximate surface area is 138 Å². The number of esters is 2. The van der Waals surface area contributed by atoms with Crippen molar-refractivity contribution in [3.8, 4) is 6.07 Å². The summed E-state index contributed by atoms with van der Waals surface area (Å²) in [7, 11) is 0. The minimum atomic E-state index is -1.02. The summed E-state index contributed by atoms with van der Waals surface area (Å²) in [4.78, 5) is 24.6. The number of rotatable bonds is 5. The van der Waals surface area contributed by atoms with Gasteiger partial charge in [0, 0.05) is 0 Å². The van der Waals surface area contributed by atoms with Crippen LogP contribution in [0.1, 0.15) is 25.5 Å². The topological polar surface area (TPSA) is 125 Å². The Morgan fingerprint density at radius 1 is 1.29 bits per heavy atom. The van der Waals surface area contributed by atoms with Crippen molar-refractivity contribution in [1.29, 1.82) is 5.26 Å². The second-order valence-electron chi connectivity index (χ2n) is 4.62. The molecule has 0 radical (unpaired) electrons. The summed E-state index contributed by atoms with van der Waals surface area (Å²) in [5.41, 5.74) is 5.51. The second kappa shape index (κ2) is 7.37.